The molecule has 2 N–H and O–H groups in total. The quantitative estimate of drug-likeness (QED) is 0.344. The molecular weight excluding hydrogens is 443 g/mol. The number of guanidine groups is 1. The molecule has 26 heavy (non-hydrogen) atoms. The first kappa shape index (κ1) is 20.0. The maximum atomic E-state index is 5.36. The van der Waals surface area contributed by atoms with Gasteiger partial charge in [0.05, 0.1) is 13.7 Å². The Labute approximate surface area is 169 Å². The molecule has 0 aliphatic rings. The van der Waals surface area contributed by atoms with E-state index in [1.807, 2.05) is 47.9 Å². The number of benzene rings is 1. The van der Waals surface area contributed by atoms with Gasteiger partial charge in [0.2, 0.25) is 0 Å². The van der Waals surface area contributed by atoms with Crippen LogP contribution in [0.1, 0.15) is 17.0 Å². The van der Waals surface area contributed by atoms with Crippen LogP contribution < -0.4 is 15.4 Å². The van der Waals surface area contributed by atoms with E-state index >= 15 is 0 Å². The van der Waals surface area contributed by atoms with Crippen molar-refractivity contribution in [3.05, 3.63) is 59.5 Å². The fourth-order valence-electron chi connectivity index (χ4n) is 2.56. The zero-order valence-electron chi connectivity index (χ0n) is 15.1. The molecule has 0 amide bonds. The van der Waals surface area contributed by atoms with Crippen LogP contribution in [0, 0.1) is 6.92 Å². The van der Waals surface area contributed by atoms with Crippen molar-refractivity contribution in [1.82, 2.24) is 25.2 Å². The third-order valence-electron chi connectivity index (χ3n) is 3.95. The second-order valence-electron chi connectivity index (χ2n) is 5.63. The predicted molar refractivity (Wildman–Crippen MR) is 113 cm³/mol. The maximum Gasteiger partial charge on any atom is 0.191 e. The number of rotatable bonds is 5. The number of aromatic nitrogens is 3. The van der Waals surface area contributed by atoms with Gasteiger partial charge < -0.3 is 15.4 Å². The highest BCUT2D eigenvalue weighted by Crippen LogP contribution is 2.18. The minimum atomic E-state index is 0. The maximum absolute atomic E-state index is 5.36. The summed E-state index contributed by atoms with van der Waals surface area (Å²) in [5.74, 6) is 2.42. The minimum absolute atomic E-state index is 0. The van der Waals surface area contributed by atoms with Gasteiger partial charge in [0, 0.05) is 19.8 Å². The third kappa shape index (κ3) is 4.63. The van der Waals surface area contributed by atoms with E-state index in [0.29, 0.717) is 19.0 Å². The number of ether oxygens (including phenoxy) is 1. The molecule has 0 aliphatic heterocycles. The van der Waals surface area contributed by atoms with Crippen LogP contribution in [0.4, 0.5) is 0 Å². The Morgan fingerprint density at radius 2 is 1.96 bits per heavy atom. The van der Waals surface area contributed by atoms with Crippen LogP contribution in [0.25, 0.3) is 5.65 Å². The number of hydrogen-bond donors (Lipinski definition) is 2. The Hall–Kier alpha value is -2.36. The summed E-state index contributed by atoms with van der Waals surface area (Å²) in [6.07, 6.45) is 1.95. The summed E-state index contributed by atoms with van der Waals surface area (Å²) in [5.41, 5.74) is 3.07. The molecule has 2 heterocycles. The topological polar surface area (TPSA) is 75.8 Å². The fraction of sp³-hybridized carbons (Fsp3) is 0.278. The van der Waals surface area contributed by atoms with Crippen molar-refractivity contribution in [2.45, 2.75) is 20.0 Å². The Morgan fingerprint density at radius 1 is 1.15 bits per heavy atom. The Morgan fingerprint density at radius 3 is 2.73 bits per heavy atom. The van der Waals surface area contributed by atoms with E-state index in [2.05, 4.69) is 31.9 Å². The number of aryl methyl sites for hydroxylation is 1. The summed E-state index contributed by atoms with van der Waals surface area (Å²) in [5, 5.41) is 14.9. The Bertz CT molecular complexity index is 892. The number of hydrogen-bond acceptors (Lipinski definition) is 4. The minimum Gasteiger partial charge on any atom is -0.496 e. The molecule has 0 radical (unpaired) electrons. The Balaban J connectivity index is 0.00000243. The molecule has 0 saturated heterocycles. The van der Waals surface area contributed by atoms with Gasteiger partial charge in [-0.3, -0.25) is 9.39 Å². The second kappa shape index (κ2) is 9.37. The van der Waals surface area contributed by atoms with Crippen LogP contribution in [0.2, 0.25) is 0 Å². The molecule has 0 bridgehead atoms. The summed E-state index contributed by atoms with van der Waals surface area (Å²) in [7, 11) is 3.43. The van der Waals surface area contributed by atoms with E-state index in [-0.39, 0.29) is 24.0 Å². The lowest BCUT2D eigenvalue weighted by Crippen LogP contribution is -2.36. The molecule has 3 rings (SSSR count). The highest BCUT2D eigenvalue weighted by atomic mass is 127. The van der Waals surface area contributed by atoms with Crippen molar-refractivity contribution in [3.63, 3.8) is 0 Å². The third-order valence-corrected chi connectivity index (χ3v) is 3.95. The molecule has 7 nitrogen and oxygen atoms in total. The summed E-state index contributed by atoms with van der Waals surface area (Å²) in [6, 6.07) is 12.0. The standard InChI is InChI=1S/C18H22N6O.HI/c1-13-7-8-14(10-15(13)25-3)11-20-18(19-2)21-12-17-23-22-16-6-4-5-9-24(16)17;/h4-10H,11-12H2,1-3H3,(H2,19,20,21);1H. The molecule has 0 fully saturated rings. The van der Waals surface area contributed by atoms with Crippen LogP contribution in [0.3, 0.4) is 0 Å². The SMILES string of the molecule is CN=C(NCc1ccc(C)c(OC)c1)NCc1nnc2ccccn12.I. The smallest absolute Gasteiger partial charge is 0.191 e. The number of nitrogens with one attached hydrogen (secondary N) is 2. The molecule has 0 aliphatic carbocycles. The number of pyridine rings is 1. The number of nitrogens with zero attached hydrogens (tertiary/aromatic N) is 4. The molecule has 0 spiro atoms. The predicted octanol–water partition coefficient (Wildman–Crippen LogP) is 2.53. The van der Waals surface area contributed by atoms with Crippen LogP contribution in [-0.4, -0.2) is 34.7 Å². The highest BCUT2D eigenvalue weighted by molar-refractivity contribution is 14.0. The van der Waals surface area contributed by atoms with E-state index in [1.54, 1.807) is 14.2 Å². The van der Waals surface area contributed by atoms with Gasteiger partial charge in [-0.2, -0.15) is 0 Å². The van der Waals surface area contributed by atoms with E-state index in [1.165, 1.54) is 0 Å². The number of halogens is 1. The normalized spacial score (nSPS) is 11.1. The molecule has 138 valence electrons. The summed E-state index contributed by atoms with van der Waals surface area (Å²) in [6.45, 7) is 3.21. The molecule has 0 saturated carbocycles. The van der Waals surface area contributed by atoms with Crippen molar-refractivity contribution < 1.29 is 4.74 Å². The van der Waals surface area contributed by atoms with Gasteiger partial charge in [-0.15, -0.1) is 34.2 Å². The van der Waals surface area contributed by atoms with Crippen LogP contribution in [0.15, 0.2) is 47.6 Å². The first-order valence-electron chi connectivity index (χ1n) is 8.08. The van der Waals surface area contributed by atoms with Gasteiger partial charge in [-0.1, -0.05) is 18.2 Å². The van der Waals surface area contributed by atoms with Gasteiger partial charge in [-0.05, 0) is 36.2 Å². The zero-order chi connectivity index (χ0) is 17.6. The summed E-state index contributed by atoms with van der Waals surface area (Å²) < 4.78 is 7.31. The summed E-state index contributed by atoms with van der Waals surface area (Å²) >= 11 is 0. The average Bonchev–Trinajstić information content (AvgIpc) is 3.06. The summed E-state index contributed by atoms with van der Waals surface area (Å²) in [4.78, 5) is 4.25. The van der Waals surface area contributed by atoms with Gasteiger partial charge in [0.1, 0.15) is 5.75 Å². The van der Waals surface area contributed by atoms with Crippen molar-refractivity contribution >= 4 is 35.6 Å². The lowest BCUT2D eigenvalue weighted by atomic mass is 10.1. The van der Waals surface area contributed by atoms with E-state index in [0.717, 1.165) is 28.3 Å². The van der Waals surface area contributed by atoms with Gasteiger partial charge in [-0.25, -0.2) is 0 Å². The van der Waals surface area contributed by atoms with Crippen molar-refractivity contribution in [2.75, 3.05) is 14.2 Å². The van der Waals surface area contributed by atoms with Gasteiger partial charge in [0.25, 0.3) is 0 Å². The lowest BCUT2D eigenvalue weighted by Gasteiger charge is -2.12. The lowest BCUT2D eigenvalue weighted by molar-refractivity contribution is 0.411. The first-order valence-corrected chi connectivity index (χ1v) is 8.08. The van der Waals surface area contributed by atoms with Crippen LogP contribution in [0.5, 0.6) is 5.75 Å². The van der Waals surface area contributed by atoms with Gasteiger partial charge >= 0.3 is 0 Å². The highest BCUT2D eigenvalue weighted by Gasteiger charge is 2.06. The molecule has 2 aromatic heterocycles. The molecule has 0 atom stereocenters. The molecule has 0 unspecified atom stereocenters. The fourth-order valence-corrected chi connectivity index (χ4v) is 2.56. The van der Waals surface area contributed by atoms with E-state index in [4.69, 9.17) is 4.74 Å². The second-order valence-corrected chi connectivity index (χ2v) is 5.63. The van der Waals surface area contributed by atoms with E-state index < -0.39 is 0 Å². The van der Waals surface area contributed by atoms with E-state index in [9.17, 15) is 0 Å². The van der Waals surface area contributed by atoms with Crippen molar-refractivity contribution in [1.29, 1.82) is 0 Å². The molecular formula is C18H23IN6O. The number of fused-ring (bicyclic) bond motifs is 1. The molecule has 1 aromatic carbocycles. The van der Waals surface area contributed by atoms with Crippen molar-refractivity contribution in [3.8, 4) is 5.75 Å². The monoisotopic (exact) mass is 466 g/mol. The largest absolute Gasteiger partial charge is 0.496 e. The van der Waals surface area contributed by atoms with Crippen LogP contribution in [-0.2, 0) is 13.1 Å². The average molecular weight is 466 g/mol. The molecule has 8 heteroatoms. The first-order chi connectivity index (χ1) is 12.2. The van der Waals surface area contributed by atoms with Gasteiger partial charge in [0.15, 0.2) is 17.4 Å². The van der Waals surface area contributed by atoms with Crippen LogP contribution >= 0.6 is 24.0 Å². The number of aliphatic imine (C=N–C) groups is 1. The number of methoxy groups -OCH3 is 1. The molecule has 3 aromatic rings. The van der Waals surface area contributed by atoms with Crippen molar-refractivity contribution in [2.24, 2.45) is 4.99 Å². The zero-order valence-corrected chi connectivity index (χ0v) is 17.4. The Kier molecular flexibility index (Phi) is 7.19.